The fraction of sp³-hybridized carbons (Fsp3) is 1.00. The van der Waals surface area contributed by atoms with Gasteiger partial charge in [0.15, 0.2) is 0 Å². The van der Waals surface area contributed by atoms with Gasteiger partial charge in [-0.15, -0.1) is 0 Å². The third-order valence-corrected chi connectivity index (χ3v) is 3.15. The van der Waals surface area contributed by atoms with E-state index in [1.165, 1.54) is 13.0 Å². The van der Waals surface area contributed by atoms with Crippen LogP contribution in [0.3, 0.4) is 0 Å². The minimum atomic E-state index is 0.683. The molecule has 2 unspecified atom stereocenters. The Labute approximate surface area is 76.3 Å². The molecule has 1 fully saturated rings. The molecule has 1 rings (SSSR count). The number of hydrogen-bond donors (Lipinski definition) is 1. The normalized spacial score (nSPS) is 34.0. The van der Waals surface area contributed by atoms with Gasteiger partial charge in [-0.3, -0.25) is 0 Å². The lowest BCUT2D eigenvalue weighted by Gasteiger charge is -2.19. The van der Waals surface area contributed by atoms with Crippen LogP contribution in [0, 0.1) is 5.92 Å². The molecule has 1 N–H and O–H groups in total. The third kappa shape index (κ3) is 2.20. The molecule has 3 atom stereocenters. The van der Waals surface area contributed by atoms with Crippen LogP contribution in [0.5, 0.6) is 0 Å². The summed E-state index contributed by atoms with van der Waals surface area (Å²) in [4.78, 5) is 2.46. The second-order valence-corrected chi connectivity index (χ2v) is 4.13. The van der Waals surface area contributed by atoms with Crippen molar-refractivity contribution in [3.63, 3.8) is 0 Å². The van der Waals surface area contributed by atoms with E-state index in [0.717, 1.165) is 18.5 Å². The summed E-state index contributed by atoms with van der Waals surface area (Å²) in [6.45, 7) is 9.16. The Morgan fingerprint density at radius 3 is 2.67 bits per heavy atom. The summed E-state index contributed by atoms with van der Waals surface area (Å²) in [6, 6.07) is 1.46. The first kappa shape index (κ1) is 10.0. The summed E-state index contributed by atoms with van der Waals surface area (Å²) < 4.78 is 0. The van der Waals surface area contributed by atoms with Crippen molar-refractivity contribution < 1.29 is 0 Å². The summed E-state index contributed by atoms with van der Waals surface area (Å²) in [5, 5.41) is 3.50. The van der Waals surface area contributed by atoms with Crippen molar-refractivity contribution in [2.24, 2.45) is 5.92 Å². The lowest BCUT2D eigenvalue weighted by atomic mass is 9.98. The summed E-state index contributed by atoms with van der Waals surface area (Å²) >= 11 is 0. The van der Waals surface area contributed by atoms with Crippen LogP contribution in [0.25, 0.3) is 0 Å². The molecule has 2 heteroatoms. The average molecular weight is 170 g/mol. The second-order valence-electron chi connectivity index (χ2n) is 4.13. The Hall–Kier alpha value is -0.0800. The zero-order valence-electron chi connectivity index (χ0n) is 8.80. The molecule has 72 valence electrons. The van der Waals surface area contributed by atoms with Crippen LogP contribution in [-0.2, 0) is 0 Å². The molecule has 0 aromatic rings. The van der Waals surface area contributed by atoms with E-state index >= 15 is 0 Å². The van der Waals surface area contributed by atoms with Crippen molar-refractivity contribution in [1.82, 2.24) is 10.2 Å². The monoisotopic (exact) mass is 170 g/mol. The van der Waals surface area contributed by atoms with E-state index < -0.39 is 0 Å². The van der Waals surface area contributed by atoms with Crippen molar-refractivity contribution in [1.29, 1.82) is 0 Å². The van der Waals surface area contributed by atoms with E-state index in [-0.39, 0.29) is 0 Å². The first-order valence-corrected chi connectivity index (χ1v) is 5.08. The highest BCUT2D eigenvalue weighted by atomic mass is 15.2. The van der Waals surface area contributed by atoms with E-state index in [9.17, 15) is 0 Å². The van der Waals surface area contributed by atoms with Crippen LogP contribution < -0.4 is 5.32 Å². The smallest absolute Gasteiger partial charge is 0.00796 e. The van der Waals surface area contributed by atoms with Gasteiger partial charge >= 0.3 is 0 Å². The largest absolute Gasteiger partial charge is 0.314 e. The second kappa shape index (κ2) is 4.24. The van der Waals surface area contributed by atoms with Crippen LogP contribution in [-0.4, -0.2) is 37.1 Å². The molecule has 2 nitrogen and oxygen atoms in total. The zero-order valence-corrected chi connectivity index (χ0v) is 8.80. The van der Waals surface area contributed by atoms with E-state index in [1.54, 1.807) is 0 Å². The Bertz CT molecular complexity index is 126. The van der Waals surface area contributed by atoms with Crippen molar-refractivity contribution in [3.05, 3.63) is 0 Å². The molecular weight excluding hydrogens is 148 g/mol. The number of likely N-dealkylation sites (tertiary alicyclic amines) is 1. The average Bonchev–Trinajstić information content (AvgIpc) is 2.33. The molecule has 0 amide bonds. The van der Waals surface area contributed by atoms with Crippen molar-refractivity contribution in [2.75, 3.05) is 20.1 Å². The van der Waals surface area contributed by atoms with Gasteiger partial charge in [0, 0.05) is 18.6 Å². The first-order chi connectivity index (χ1) is 5.65. The number of nitrogens with one attached hydrogen (secondary N) is 1. The maximum absolute atomic E-state index is 3.50. The predicted octanol–water partition coefficient (Wildman–Crippen LogP) is 1.32. The van der Waals surface area contributed by atoms with Crippen LogP contribution in [0.15, 0.2) is 0 Å². The minimum absolute atomic E-state index is 0.683. The molecular formula is C10H22N2. The standard InChI is InChI=1S/C10H22N2/c1-5-11-9(3)10-6-8(2)12(4)7-10/h8-11H,5-7H2,1-4H3/t8?,9?,10-/m1/s1. The van der Waals surface area contributed by atoms with Gasteiger partial charge in [-0.1, -0.05) is 6.92 Å². The van der Waals surface area contributed by atoms with Gasteiger partial charge in [0.2, 0.25) is 0 Å². The molecule has 0 aromatic heterocycles. The molecule has 1 aliphatic rings. The predicted molar refractivity (Wildman–Crippen MR) is 53.3 cm³/mol. The molecule has 0 bridgehead atoms. The van der Waals surface area contributed by atoms with Gasteiger partial charge in [0.1, 0.15) is 0 Å². The van der Waals surface area contributed by atoms with Crippen LogP contribution in [0.4, 0.5) is 0 Å². The SMILES string of the molecule is CCNC(C)[C@@H]1CC(C)N(C)C1. The van der Waals surface area contributed by atoms with Crippen LogP contribution in [0.2, 0.25) is 0 Å². The van der Waals surface area contributed by atoms with E-state index in [1.807, 2.05) is 0 Å². The van der Waals surface area contributed by atoms with Crippen molar-refractivity contribution in [2.45, 2.75) is 39.3 Å². The Morgan fingerprint density at radius 1 is 1.58 bits per heavy atom. The Kier molecular flexibility index (Phi) is 3.53. The van der Waals surface area contributed by atoms with Crippen molar-refractivity contribution >= 4 is 0 Å². The van der Waals surface area contributed by atoms with E-state index in [0.29, 0.717) is 6.04 Å². The third-order valence-electron chi connectivity index (χ3n) is 3.15. The fourth-order valence-electron chi connectivity index (χ4n) is 2.09. The number of hydrogen-bond acceptors (Lipinski definition) is 2. The number of nitrogens with zero attached hydrogens (tertiary/aromatic N) is 1. The quantitative estimate of drug-likeness (QED) is 0.687. The summed E-state index contributed by atoms with van der Waals surface area (Å²) in [5.41, 5.74) is 0. The molecule has 0 saturated carbocycles. The topological polar surface area (TPSA) is 15.3 Å². The molecule has 1 heterocycles. The maximum Gasteiger partial charge on any atom is 0.00796 e. The highest BCUT2D eigenvalue weighted by Crippen LogP contribution is 2.23. The van der Waals surface area contributed by atoms with Crippen molar-refractivity contribution in [3.8, 4) is 0 Å². The van der Waals surface area contributed by atoms with Crippen LogP contribution in [0.1, 0.15) is 27.2 Å². The van der Waals surface area contributed by atoms with Gasteiger partial charge in [-0.05, 0) is 39.8 Å². The molecule has 1 aliphatic heterocycles. The zero-order chi connectivity index (χ0) is 9.14. The van der Waals surface area contributed by atoms with Crippen LogP contribution >= 0.6 is 0 Å². The lowest BCUT2D eigenvalue weighted by Crippen LogP contribution is -2.34. The van der Waals surface area contributed by atoms with Gasteiger partial charge in [-0.25, -0.2) is 0 Å². The van der Waals surface area contributed by atoms with Gasteiger partial charge in [0.25, 0.3) is 0 Å². The van der Waals surface area contributed by atoms with E-state index in [4.69, 9.17) is 0 Å². The Morgan fingerprint density at radius 2 is 2.25 bits per heavy atom. The Balaban J connectivity index is 2.35. The molecule has 0 aromatic carbocycles. The lowest BCUT2D eigenvalue weighted by molar-refractivity contribution is 0.316. The van der Waals surface area contributed by atoms with Gasteiger partial charge < -0.3 is 10.2 Å². The highest BCUT2D eigenvalue weighted by molar-refractivity contribution is 4.85. The molecule has 0 spiro atoms. The minimum Gasteiger partial charge on any atom is -0.314 e. The first-order valence-electron chi connectivity index (χ1n) is 5.08. The molecule has 12 heavy (non-hydrogen) atoms. The summed E-state index contributed by atoms with van der Waals surface area (Å²) in [6.07, 6.45) is 1.35. The van der Waals surface area contributed by atoms with E-state index in [2.05, 4.69) is 38.0 Å². The fourth-order valence-corrected chi connectivity index (χ4v) is 2.09. The molecule has 0 radical (unpaired) electrons. The summed E-state index contributed by atoms with van der Waals surface area (Å²) in [7, 11) is 2.23. The number of rotatable bonds is 3. The molecule has 1 saturated heterocycles. The highest BCUT2D eigenvalue weighted by Gasteiger charge is 2.29. The molecule has 0 aliphatic carbocycles. The summed E-state index contributed by atoms with van der Waals surface area (Å²) in [5.74, 6) is 0.852. The maximum atomic E-state index is 3.50. The van der Waals surface area contributed by atoms with Gasteiger partial charge in [0.05, 0.1) is 0 Å². The van der Waals surface area contributed by atoms with Gasteiger partial charge in [-0.2, -0.15) is 0 Å².